The van der Waals surface area contributed by atoms with Crippen LogP contribution in [0, 0.1) is 0 Å². The second kappa shape index (κ2) is 5.24. The zero-order valence-corrected chi connectivity index (χ0v) is 13.4. The van der Waals surface area contributed by atoms with Crippen LogP contribution in [0.25, 0.3) is 5.69 Å². The predicted octanol–water partition coefficient (Wildman–Crippen LogP) is -0.274. The van der Waals surface area contributed by atoms with E-state index in [-0.39, 0.29) is 5.69 Å². The number of aromatic amines is 1. The molecule has 128 valence electrons. The van der Waals surface area contributed by atoms with Crippen LogP contribution in [0.3, 0.4) is 0 Å². The van der Waals surface area contributed by atoms with E-state index in [1.54, 1.807) is 9.25 Å². The van der Waals surface area contributed by atoms with Crippen LogP contribution in [0.15, 0.2) is 35.1 Å². The highest BCUT2D eigenvalue weighted by molar-refractivity contribution is 5.42. The minimum Gasteiger partial charge on any atom is -0.363 e. The third kappa shape index (κ3) is 2.25. The maximum Gasteiger partial charge on any atom is 0.343 e. The molecule has 0 amide bonds. The van der Waals surface area contributed by atoms with Crippen LogP contribution >= 0.6 is 0 Å². The van der Waals surface area contributed by atoms with Crippen molar-refractivity contribution in [2.75, 3.05) is 18.0 Å². The summed E-state index contributed by atoms with van der Waals surface area (Å²) in [5.41, 5.74) is 0.292. The lowest BCUT2D eigenvalue weighted by molar-refractivity contribution is -0.0760. The van der Waals surface area contributed by atoms with Gasteiger partial charge in [-0.3, -0.25) is 4.57 Å². The van der Waals surface area contributed by atoms with Gasteiger partial charge in [-0.15, -0.1) is 0 Å². The Bertz CT molecular complexity index is 961. The smallest absolute Gasteiger partial charge is 0.343 e. The van der Waals surface area contributed by atoms with Gasteiger partial charge in [-0.05, 0) is 29.0 Å². The first kappa shape index (κ1) is 14.3. The first-order chi connectivity index (χ1) is 12.2. The van der Waals surface area contributed by atoms with Crippen LogP contribution in [0.1, 0.15) is 12.2 Å². The standard InChI is InChI=1S/C15H16N8O2/c24-14-18-16-12-8-25-15(10-22(12)14)6-7-21(9-15)13-17-19-20-23(13)11-4-2-1-3-5-11/h1-5H,6-10H2,(H,18,24). The molecule has 10 nitrogen and oxygen atoms in total. The van der Waals surface area contributed by atoms with Gasteiger partial charge in [0.05, 0.1) is 18.8 Å². The summed E-state index contributed by atoms with van der Waals surface area (Å²) < 4.78 is 9.46. The van der Waals surface area contributed by atoms with E-state index in [9.17, 15) is 4.79 Å². The molecular formula is C15H16N8O2. The molecule has 1 atom stereocenters. The zero-order chi connectivity index (χ0) is 16.9. The second-order valence-corrected chi connectivity index (χ2v) is 6.40. The van der Waals surface area contributed by atoms with Crippen LogP contribution in [0.4, 0.5) is 5.95 Å². The number of tetrazole rings is 1. The van der Waals surface area contributed by atoms with Crippen molar-refractivity contribution < 1.29 is 4.74 Å². The molecule has 25 heavy (non-hydrogen) atoms. The van der Waals surface area contributed by atoms with Gasteiger partial charge in [0.2, 0.25) is 5.95 Å². The zero-order valence-electron chi connectivity index (χ0n) is 13.4. The van der Waals surface area contributed by atoms with E-state index < -0.39 is 5.60 Å². The number of rotatable bonds is 2. The fourth-order valence-corrected chi connectivity index (χ4v) is 3.55. The summed E-state index contributed by atoms with van der Waals surface area (Å²) in [4.78, 5) is 14.0. The van der Waals surface area contributed by atoms with E-state index in [0.29, 0.717) is 31.5 Å². The minimum atomic E-state index is -0.422. The van der Waals surface area contributed by atoms with Gasteiger partial charge in [0.15, 0.2) is 5.82 Å². The fraction of sp³-hybridized carbons (Fsp3) is 0.400. The van der Waals surface area contributed by atoms with Gasteiger partial charge in [-0.1, -0.05) is 23.3 Å². The van der Waals surface area contributed by atoms with Crippen LogP contribution < -0.4 is 10.6 Å². The number of H-pyrrole nitrogens is 1. The van der Waals surface area contributed by atoms with E-state index >= 15 is 0 Å². The average Bonchev–Trinajstić information content (AvgIpc) is 3.36. The molecular weight excluding hydrogens is 324 g/mol. The van der Waals surface area contributed by atoms with Gasteiger partial charge in [-0.2, -0.15) is 9.78 Å². The molecule has 2 aromatic heterocycles. The second-order valence-electron chi connectivity index (χ2n) is 6.40. The predicted molar refractivity (Wildman–Crippen MR) is 86.4 cm³/mol. The lowest BCUT2D eigenvalue weighted by Crippen LogP contribution is -2.46. The lowest BCUT2D eigenvalue weighted by atomic mass is 10.0. The molecule has 3 aromatic rings. The molecule has 0 radical (unpaired) electrons. The third-order valence-corrected chi connectivity index (χ3v) is 4.84. The number of aromatic nitrogens is 7. The van der Waals surface area contributed by atoms with Crippen molar-refractivity contribution in [3.8, 4) is 5.69 Å². The Kier molecular flexibility index (Phi) is 3.01. The quantitative estimate of drug-likeness (QED) is 0.684. The monoisotopic (exact) mass is 340 g/mol. The summed E-state index contributed by atoms with van der Waals surface area (Å²) in [5.74, 6) is 1.32. The highest BCUT2D eigenvalue weighted by Crippen LogP contribution is 2.33. The lowest BCUT2D eigenvalue weighted by Gasteiger charge is -2.33. The van der Waals surface area contributed by atoms with E-state index in [0.717, 1.165) is 18.7 Å². The molecule has 1 unspecified atom stereocenters. The Morgan fingerprint density at radius 3 is 2.96 bits per heavy atom. The van der Waals surface area contributed by atoms with Gasteiger partial charge in [0.25, 0.3) is 0 Å². The number of anilines is 1. The molecule has 0 aliphatic carbocycles. The first-order valence-electron chi connectivity index (χ1n) is 8.11. The molecule has 0 bridgehead atoms. The van der Waals surface area contributed by atoms with Crippen LogP contribution in [-0.4, -0.2) is 53.7 Å². The molecule has 10 heteroatoms. The Hall–Kier alpha value is -3.01. The summed E-state index contributed by atoms with van der Waals surface area (Å²) in [7, 11) is 0. The van der Waals surface area contributed by atoms with Crippen molar-refractivity contribution in [3.63, 3.8) is 0 Å². The average molecular weight is 340 g/mol. The summed E-state index contributed by atoms with van der Waals surface area (Å²) in [6, 6.07) is 9.77. The largest absolute Gasteiger partial charge is 0.363 e. The van der Waals surface area contributed by atoms with Crippen molar-refractivity contribution in [2.45, 2.75) is 25.2 Å². The SMILES string of the molecule is O=c1[nH]nc2n1CC1(CCN(c3nnnn3-c3ccccc3)C1)OC2. The van der Waals surface area contributed by atoms with Crippen LogP contribution in [0.5, 0.6) is 0 Å². The Morgan fingerprint density at radius 2 is 2.08 bits per heavy atom. The molecule has 2 aliphatic rings. The van der Waals surface area contributed by atoms with E-state index in [2.05, 4.69) is 30.6 Å². The highest BCUT2D eigenvalue weighted by atomic mass is 16.5. The first-order valence-corrected chi connectivity index (χ1v) is 8.11. The molecule has 2 aliphatic heterocycles. The van der Waals surface area contributed by atoms with E-state index in [4.69, 9.17) is 4.74 Å². The number of hydrogen-bond acceptors (Lipinski definition) is 7. The van der Waals surface area contributed by atoms with Gasteiger partial charge in [-0.25, -0.2) is 9.89 Å². The summed E-state index contributed by atoms with van der Waals surface area (Å²) in [6.45, 7) is 2.20. The Morgan fingerprint density at radius 1 is 1.20 bits per heavy atom. The molecule has 5 rings (SSSR count). The maximum atomic E-state index is 11.9. The van der Waals surface area contributed by atoms with E-state index in [1.165, 1.54) is 0 Å². The number of ether oxygens (including phenoxy) is 1. The molecule has 1 N–H and O–H groups in total. The van der Waals surface area contributed by atoms with Crippen LogP contribution in [0.2, 0.25) is 0 Å². The van der Waals surface area contributed by atoms with Crippen LogP contribution in [-0.2, 0) is 17.9 Å². The maximum absolute atomic E-state index is 11.9. The Balaban J connectivity index is 1.43. The molecule has 0 saturated carbocycles. The fourth-order valence-electron chi connectivity index (χ4n) is 3.55. The molecule has 1 spiro atoms. The van der Waals surface area contributed by atoms with Crippen molar-refractivity contribution in [1.29, 1.82) is 0 Å². The number of hydrogen-bond donors (Lipinski definition) is 1. The van der Waals surface area contributed by atoms with Crippen molar-refractivity contribution in [3.05, 3.63) is 46.6 Å². The molecule has 1 saturated heterocycles. The summed E-state index contributed by atoms with van der Waals surface area (Å²) in [6.07, 6.45) is 0.797. The van der Waals surface area contributed by atoms with Gasteiger partial charge < -0.3 is 9.64 Å². The number of para-hydroxylation sites is 1. The summed E-state index contributed by atoms with van der Waals surface area (Å²) >= 11 is 0. The highest BCUT2D eigenvalue weighted by Gasteiger charge is 2.44. The molecule has 4 heterocycles. The normalized spacial score (nSPS) is 22.5. The number of benzene rings is 1. The number of nitrogens with one attached hydrogen (secondary N) is 1. The topological polar surface area (TPSA) is 107 Å². The van der Waals surface area contributed by atoms with E-state index in [1.807, 2.05) is 30.3 Å². The van der Waals surface area contributed by atoms with Crippen molar-refractivity contribution in [1.82, 2.24) is 35.0 Å². The molecule has 1 aromatic carbocycles. The minimum absolute atomic E-state index is 0.190. The van der Waals surface area contributed by atoms with Gasteiger partial charge in [0, 0.05) is 6.54 Å². The van der Waals surface area contributed by atoms with Gasteiger partial charge >= 0.3 is 5.69 Å². The molecule has 1 fully saturated rings. The third-order valence-electron chi connectivity index (χ3n) is 4.84. The van der Waals surface area contributed by atoms with Gasteiger partial charge in [0.1, 0.15) is 12.2 Å². The Labute approximate surface area is 142 Å². The number of fused-ring (bicyclic) bond motifs is 1. The van der Waals surface area contributed by atoms with Crippen molar-refractivity contribution >= 4 is 5.95 Å². The summed E-state index contributed by atoms with van der Waals surface area (Å²) in [5, 5.41) is 18.6. The van der Waals surface area contributed by atoms with Crippen molar-refractivity contribution in [2.24, 2.45) is 0 Å². The number of nitrogens with zero attached hydrogens (tertiary/aromatic N) is 7.